The van der Waals surface area contributed by atoms with E-state index in [9.17, 15) is 4.79 Å². The highest BCUT2D eigenvalue weighted by atomic mass is 32.2. The van der Waals surface area contributed by atoms with E-state index in [0.717, 1.165) is 22.8 Å². The van der Waals surface area contributed by atoms with Crippen molar-refractivity contribution in [2.75, 3.05) is 11.1 Å². The Morgan fingerprint density at radius 3 is 2.69 bits per heavy atom. The minimum atomic E-state index is -0.133. The number of nitrogens with zero attached hydrogens (tertiary/aromatic N) is 5. The molecule has 0 radical (unpaired) electrons. The van der Waals surface area contributed by atoms with Crippen molar-refractivity contribution >= 4 is 34.1 Å². The maximum atomic E-state index is 12.2. The first-order valence-electron chi connectivity index (χ1n) is 8.22. The quantitative estimate of drug-likeness (QED) is 0.625. The largest absolute Gasteiger partial charge is 0.305 e. The Balaban J connectivity index is 1.57. The lowest BCUT2D eigenvalue weighted by Gasteiger charge is -2.04. The molecule has 0 bridgehead atoms. The predicted octanol–water partition coefficient (Wildman–Crippen LogP) is 3.26. The van der Waals surface area contributed by atoms with Gasteiger partial charge in [-0.15, -0.1) is 20.4 Å². The van der Waals surface area contributed by atoms with Gasteiger partial charge in [-0.05, 0) is 5.92 Å². The lowest BCUT2D eigenvalue weighted by molar-refractivity contribution is -0.113. The molecule has 0 aliphatic rings. The molecule has 1 aromatic carbocycles. The van der Waals surface area contributed by atoms with Crippen molar-refractivity contribution in [1.29, 1.82) is 0 Å². The Morgan fingerprint density at radius 1 is 1.19 bits per heavy atom. The number of anilines is 1. The van der Waals surface area contributed by atoms with E-state index >= 15 is 0 Å². The van der Waals surface area contributed by atoms with Gasteiger partial charge in [0.1, 0.15) is 5.01 Å². The van der Waals surface area contributed by atoms with Gasteiger partial charge in [0.15, 0.2) is 11.0 Å². The third-order valence-corrected chi connectivity index (χ3v) is 5.38. The van der Waals surface area contributed by atoms with E-state index in [-0.39, 0.29) is 11.7 Å². The van der Waals surface area contributed by atoms with Crippen LogP contribution in [0.25, 0.3) is 11.4 Å². The van der Waals surface area contributed by atoms with E-state index < -0.39 is 0 Å². The van der Waals surface area contributed by atoms with Gasteiger partial charge >= 0.3 is 0 Å². The van der Waals surface area contributed by atoms with Crippen molar-refractivity contribution in [3.63, 3.8) is 0 Å². The summed E-state index contributed by atoms with van der Waals surface area (Å²) in [5.74, 6) is 1.39. The average molecular weight is 389 g/mol. The Bertz CT molecular complexity index is 875. The van der Waals surface area contributed by atoms with E-state index in [4.69, 9.17) is 0 Å². The van der Waals surface area contributed by atoms with Crippen LogP contribution in [0, 0.1) is 5.92 Å². The second-order valence-corrected chi connectivity index (χ2v) is 8.17. The summed E-state index contributed by atoms with van der Waals surface area (Å²) in [5, 5.41) is 21.5. The summed E-state index contributed by atoms with van der Waals surface area (Å²) in [6, 6.07) is 9.84. The van der Waals surface area contributed by atoms with Crippen LogP contribution in [0.3, 0.4) is 0 Å². The SMILES string of the molecule is CC(C)Cc1nnc(NC(=O)CSc2nnc(-c3ccccc3)n2C)s1. The van der Waals surface area contributed by atoms with Crippen molar-refractivity contribution in [2.45, 2.75) is 25.4 Å². The summed E-state index contributed by atoms with van der Waals surface area (Å²) in [6.07, 6.45) is 0.865. The number of nitrogens with one attached hydrogen (secondary N) is 1. The van der Waals surface area contributed by atoms with Gasteiger partial charge in [0.05, 0.1) is 5.75 Å². The highest BCUT2D eigenvalue weighted by Gasteiger charge is 2.14. The van der Waals surface area contributed by atoms with E-state index in [1.54, 1.807) is 0 Å². The van der Waals surface area contributed by atoms with Crippen LogP contribution in [0.2, 0.25) is 0 Å². The second-order valence-electron chi connectivity index (χ2n) is 6.17. The normalized spacial score (nSPS) is 11.1. The zero-order valence-corrected chi connectivity index (χ0v) is 16.5. The van der Waals surface area contributed by atoms with Crippen molar-refractivity contribution in [3.8, 4) is 11.4 Å². The van der Waals surface area contributed by atoms with Crippen LogP contribution in [0.15, 0.2) is 35.5 Å². The van der Waals surface area contributed by atoms with E-state index in [2.05, 4.69) is 39.6 Å². The van der Waals surface area contributed by atoms with E-state index in [1.807, 2.05) is 41.9 Å². The third kappa shape index (κ3) is 4.67. The molecule has 3 aromatic rings. The molecule has 0 saturated heterocycles. The molecule has 3 rings (SSSR count). The maximum absolute atomic E-state index is 12.2. The highest BCUT2D eigenvalue weighted by molar-refractivity contribution is 7.99. The van der Waals surface area contributed by atoms with E-state index in [0.29, 0.717) is 16.2 Å². The van der Waals surface area contributed by atoms with Gasteiger partial charge < -0.3 is 4.57 Å². The van der Waals surface area contributed by atoms with Crippen LogP contribution in [-0.4, -0.2) is 36.6 Å². The standard InChI is InChI=1S/C17H20N6OS2/c1-11(2)9-14-19-21-16(26-14)18-13(24)10-25-17-22-20-15(23(17)3)12-7-5-4-6-8-12/h4-8,11H,9-10H2,1-3H3,(H,18,21,24). The number of carbonyl (C=O) groups is 1. The number of hydrogen-bond donors (Lipinski definition) is 1. The molecule has 136 valence electrons. The lowest BCUT2D eigenvalue weighted by atomic mass is 10.1. The van der Waals surface area contributed by atoms with Gasteiger partial charge in [-0.2, -0.15) is 0 Å². The molecule has 0 saturated carbocycles. The van der Waals surface area contributed by atoms with E-state index in [1.165, 1.54) is 23.1 Å². The third-order valence-electron chi connectivity index (χ3n) is 3.50. The second kappa shape index (κ2) is 8.41. The number of hydrogen-bond acceptors (Lipinski definition) is 7. The summed E-state index contributed by atoms with van der Waals surface area (Å²) in [5.41, 5.74) is 0.991. The lowest BCUT2D eigenvalue weighted by Crippen LogP contribution is -2.14. The van der Waals surface area contributed by atoms with Crippen LogP contribution in [0.4, 0.5) is 5.13 Å². The monoisotopic (exact) mass is 388 g/mol. The molecule has 0 unspecified atom stereocenters. The molecule has 0 fully saturated rings. The Labute approximate surface area is 160 Å². The fraction of sp³-hybridized carbons (Fsp3) is 0.353. The Morgan fingerprint density at radius 2 is 1.96 bits per heavy atom. The van der Waals surface area contributed by atoms with Crippen LogP contribution >= 0.6 is 23.1 Å². The molecule has 0 aliphatic heterocycles. The summed E-state index contributed by atoms with van der Waals surface area (Å²) in [4.78, 5) is 12.2. The summed E-state index contributed by atoms with van der Waals surface area (Å²) < 4.78 is 1.89. The van der Waals surface area contributed by atoms with Crippen LogP contribution in [-0.2, 0) is 18.3 Å². The number of benzene rings is 1. The van der Waals surface area contributed by atoms with Crippen molar-refractivity contribution < 1.29 is 4.79 Å². The highest BCUT2D eigenvalue weighted by Crippen LogP contribution is 2.23. The minimum absolute atomic E-state index is 0.133. The molecule has 2 heterocycles. The molecule has 0 atom stereocenters. The zero-order valence-electron chi connectivity index (χ0n) is 14.8. The summed E-state index contributed by atoms with van der Waals surface area (Å²) in [6.45, 7) is 4.25. The van der Waals surface area contributed by atoms with Crippen LogP contribution in [0.5, 0.6) is 0 Å². The number of rotatable bonds is 7. The topological polar surface area (TPSA) is 85.6 Å². The van der Waals surface area contributed by atoms with Crippen molar-refractivity contribution in [2.24, 2.45) is 13.0 Å². The molecule has 2 aromatic heterocycles. The van der Waals surface area contributed by atoms with Gasteiger partial charge in [-0.3, -0.25) is 10.1 Å². The maximum Gasteiger partial charge on any atom is 0.236 e. The summed E-state index contributed by atoms with van der Waals surface area (Å²) in [7, 11) is 1.89. The molecule has 9 heteroatoms. The molecule has 1 amide bonds. The van der Waals surface area contributed by atoms with Crippen LogP contribution in [0.1, 0.15) is 18.9 Å². The number of carbonyl (C=O) groups excluding carboxylic acids is 1. The first-order chi connectivity index (χ1) is 12.5. The van der Waals surface area contributed by atoms with Gasteiger partial charge in [0.2, 0.25) is 11.0 Å². The fourth-order valence-corrected chi connectivity index (χ4v) is 3.98. The zero-order chi connectivity index (χ0) is 18.5. The van der Waals surface area contributed by atoms with Gasteiger partial charge in [-0.25, -0.2) is 0 Å². The van der Waals surface area contributed by atoms with Crippen molar-refractivity contribution in [1.82, 2.24) is 25.0 Å². The molecule has 7 nitrogen and oxygen atoms in total. The first kappa shape index (κ1) is 18.5. The number of amides is 1. The first-order valence-corrected chi connectivity index (χ1v) is 10.0. The Kier molecular flexibility index (Phi) is 6.00. The fourth-order valence-electron chi connectivity index (χ4n) is 2.30. The summed E-state index contributed by atoms with van der Waals surface area (Å²) >= 11 is 2.76. The van der Waals surface area contributed by atoms with Gasteiger partial charge in [-0.1, -0.05) is 67.3 Å². The van der Waals surface area contributed by atoms with Crippen molar-refractivity contribution in [3.05, 3.63) is 35.3 Å². The molecular formula is C17H20N6OS2. The minimum Gasteiger partial charge on any atom is -0.305 e. The smallest absolute Gasteiger partial charge is 0.236 e. The Hall–Kier alpha value is -2.26. The number of aromatic nitrogens is 5. The van der Waals surface area contributed by atoms with Gasteiger partial charge in [0.25, 0.3) is 0 Å². The molecular weight excluding hydrogens is 368 g/mol. The average Bonchev–Trinajstić information content (AvgIpc) is 3.20. The molecule has 0 spiro atoms. The van der Waals surface area contributed by atoms with Gasteiger partial charge in [0, 0.05) is 19.0 Å². The molecule has 26 heavy (non-hydrogen) atoms. The molecule has 0 aliphatic carbocycles. The molecule has 1 N–H and O–H groups in total. The van der Waals surface area contributed by atoms with Crippen LogP contribution < -0.4 is 5.32 Å². The predicted molar refractivity (Wildman–Crippen MR) is 104 cm³/mol. The number of thioether (sulfide) groups is 1.